The van der Waals surface area contributed by atoms with Gasteiger partial charge in [-0.25, -0.2) is 12.7 Å². The first-order valence-electron chi connectivity index (χ1n) is 6.79. The van der Waals surface area contributed by atoms with Crippen molar-refractivity contribution in [2.75, 3.05) is 20.6 Å². The van der Waals surface area contributed by atoms with E-state index in [0.717, 1.165) is 4.31 Å². The lowest BCUT2D eigenvalue weighted by atomic mass is 10.2. The van der Waals surface area contributed by atoms with E-state index in [9.17, 15) is 13.2 Å². The van der Waals surface area contributed by atoms with Crippen LogP contribution in [0, 0.1) is 0 Å². The van der Waals surface area contributed by atoms with Crippen LogP contribution >= 0.6 is 0 Å². The average molecular weight is 320 g/mol. The number of nitrogens with zero attached hydrogens (tertiary/aromatic N) is 2. The second-order valence-corrected chi connectivity index (χ2v) is 7.16. The van der Waals surface area contributed by atoms with Crippen molar-refractivity contribution in [2.45, 2.75) is 10.9 Å². The van der Waals surface area contributed by atoms with E-state index >= 15 is 0 Å². The molecule has 1 aliphatic heterocycles. The zero-order chi connectivity index (χ0) is 15.9. The van der Waals surface area contributed by atoms with Crippen LogP contribution in [0.1, 0.15) is 22.2 Å². The Morgan fingerprint density at radius 1 is 1.18 bits per heavy atom. The Morgan fingerprint density at radius 2 is 1.91 bits per heavy atom. The largest absolute Gasteiger partial charge is 0.468 e. The molecule has 1 aliphatic rings. The number of furan rings is 1. The van der Waals surface area contributed by atoms with Crippen molar-refractivity contribution in [3.05, 3.63) is 54.0 Å². The van der Waals surface area contributed by atoms with Gasteiger partial charge in [0.05, 0.1) is 24.4 Å². The van der Waals surface area contributed by atoms with Crippen LogP contribution in [0.25, 0.3) is 0 Å². The molecule has 0 bridgehead atoms. The Bertz CT molecular complexity index is 797. The molecule has 7 heteroatoms. The molecule has 0 aliphatic carbocycles. The molecular formula is C15H16N2O4S. The number of hydrogen-bond acceptors (Lipinski definition) is 5. The van der Waals surface area contributed by atoms with Gasteiger partial charge in [-0.3, -0.25) is 9.69 Å². The first-order chi connectivity index (χ1) is 10.4. The Labute approximate surface area is 129 Å². The van der Waals surface area contributed by atoms with Crippen LogP contribution in [0.2, 0.25) is 0 Å². The smallest absolute Gasteiger partial charge is 0.269 e. The van der Waals surface area contributed by atoms with Crippen LogP contribution in [0.3, 0.4) is 0 Å². The molecule has 2 aromatic rings. The summed E-state index contributed by atoms with van der Waals surface area (Å²) in [5.41, 5.74) is 0.222. The van der Waals surface area contributed by atoms with Crippen molar-refractivity contribution >= 4 is 15.9 Å². The third-order valence-electron chi connectivity index (χ3n) is 3.75. The normalized spacial score (nSPS) is 17.8. The van der Waals surface area contributed by atoms with Gasteiger partial charge in [0, 0.05) is 0 Å². The molecule has 3 rings (SSSR count). The lowest BCUT2D eigenvalue weighted by Gasteiger charge is -2.26. The fourth-order valence-electron chi connectivity index (χ4n) is 2.56. The minimum Gasteiger partial charge on any atom is -0.468 e. The number of fused-ring (bicyclic) bond motifs is 1. The Balaban J connectivity index is 1.98. The third kappa shape index (κ3) is 2.22. The quantitative estimate of drug-likeness (QED) is 0.858. The molecule has 0 unspecified atom stereocenters. The summed E-state index contributed by atoms with van der Waals surface area (Å²) < 4.78 is 31.5. The molecule has 2 heterocycles. The second kappa shape index (κ2) is 5.26. The zero-order valence-corrected chi connectivity index (χ0v) is 13.1. The van der Waals surface area contributed by atoms with Crippen molar-refractivity contribution in [1.29, 1.82) is 0 Å². The summed E-state index contributed by atoms with van der Waals surface area (Å²) in [6.45, 7) is 0.0103. The highest BCUT2D eigenvalue weighted by molar-refractivity contribution is 7.90. The van der Waals surface area contributed by atoms with Crippen LogP contribution in [-0.2, 0) is 10.0 Å². The van der Waals surface area contributed by atoms with Crippen molar-refractivity contribution in [3.63, 3.8) is 0 Å². The highest BCUT2D eigenvalue weighted by Gasteiger charge is 2.42. The summed E-state index contributed by atoms with van der Waals surface area (Å²) in [4.78, 5) is 14.3. The van der Waals surface area contributed by atoms with Gasteiger partial charge in [0.15, 0.2) is 0 Å². The molecule has 0 N–H and O–H groups in total. The van der Waals surface area contributed by atoms with Crippen molar-refractivity contribution in [2.24, 2.45) is 0 Å². The van der Waals surface area contributed by atoms with Crippen LogP contribution < -0.4 is 0 Å². The molecule has 116 valence electrons. The predicted molar refractivity (Wildman–Crippen MR) is 79.8 cm³/mol. The molecule has 0 fully saturated rings. The topological polar surface area (TPSA) is 70.8 Å². The summed E-state index contributed by atoms with van der Waals surface area (Å²) in [7, 11) is -0.174. The highest BCUT2D eigenvalue weighted by atomic mass is 32.2. The van der Waals surface area contributed by atoms with Gasteiger partial charge in [0.2, 0.25) is 0 Å². The molecule has 0 radical (unpaired) electrons. The number of rotatable bonds is 4. The van der Waals surface area contributed by atoms with Crippen LogP contribution in [0.15, 0.2) is 52.0 Å². The second-order valence-electron chi connectivity index (χ2n) is 5.33. The first kappa shape index (κ1) is 14.8. The Morgan fingerprint density at radius 3 is 2.50 bits per heavy atom. The van der Waals surface area contributed by atoms with Crippen LogP contribution in [-0.4, -0.2) is 44.2 Å². The number of benzene rings is 1. The van der Waals surface area contributed by atoms with Crippen molar-refractivity contribution in [3.8, 4) is 0 Å². The molecule has 0 saturated heterocycles. The monoisotopic (exact) mass is 320 g/mol. The standard InChI is InChI=1S/C15H16N2O4S/c1-16(2)12(13-7-5-9-21-13)10-17-15(18)11-6-3-4-8-14(11)22(17,19)20/h3-9,12H,10H2,1-2H3/t12-/m0/s1. The van der Waals surface area contributed by atoms with Gasteiger partial charge in [-0.05, 0) is 38.4 Å². The minimum atomic E-state index is -3.80. The Hall–Kier alpha value is -2.12. The lowest BCUT2D eigenvalue weighted by molar-refractivity contribution is 0.0839. The molecule has 1 aromatic heterocycles. The van der Waals surface area contributed by atoms with Crippen LogP contribution in [0.5, 0.6) is 0 Å². The predicted octanol–water partition coefficient (Wildman–Crippen LogP) is 1.73. The molecule has 0 saturated carbocycles. The van der Waals surface area contributed by atoms with E-state index in [1.807, 2.05) is 19.0 Å². The van der Waals surface area contributed by atoms with Gasteiger partial charge in [-0.15, -0.1) is 0 Å². The van der Waals surface area contributed by atoms with Gasteiger partial charge in [0.25, 0.3) is 15.9 Å². The lowest BCUT2D eigenvalue weighted by Crippen LogP contribution is -2.38. The Kier molecular flexibility index (Phi) is 3.54. The summed E-state index contributed by atoms with van der Waals surface area (Å²) >= 11 is 0. The summed E-state index contributed by atoms with van der Waals surface area (Å²) in [6, 6.07) is 9.43. The van der Waals surface area contributed by atoms with E-state index in [2.05, 4.69) is 0 Å². The highest BCUT2D eigenvalue weighted by Crippen LogP contribution is 2.32. The maximum atomic E-state index is 12.6. The molecule has 1 atom stereocenters. The van der Waals surface area contributed by atoms with E-state index in [-0.39, 0.29) is 23.0 Å². The van der Waals surface area contributed by atoms with Crippen LogP contribution in [0.4, 0.5) is 0 Å². The number of amides is 1. The molecule has 1 aromatic carbocycles. The number of likely N-dealkylation sites (N-methyl/N-ethyl adjacent to an activating group) is 1. The van der Waals surface area contributed by atoms with Crippen molar-refractivity contribution < 1.29 is 17.6 Å². The number of sulfonamides is 1. The van der Waals surface area contributed by atoms with Gasteiger partial charge < -0.3 is 4.42 Å². The van der Waals surface area contributed by atoms with E-state index in [4.69, 9.17) is 4.42 Å². The summed E-state index contributed by atoms with van der Waals surface area (Å²) in [5.74, 6) is 0.123. The molecule has 22 heavy (non-hydrogen) atoms. The number of hydrogen-bond donors (Lipinski definition) is 0. The molecule has 1 amide bonds. The number of carbonyl (C=O) groups excluding carboxylic acids is 1. The molecule has 0 spiro atoms. The van der Waals surface area contributed by atoms with E-state index in [0.29, 0.717) is 5.76 Å². The zero-order valence-electron chi connectivity index (χ0n) is 12.3. The average Bonchev–Trinajstić information content (AvgIpc) is 3.06. The maximum Gasteiger partial charge on any atom is 0.269 e. The molecule has 6 nitrogen and oxygen atoms in total. The van der Waals surface area contributed by atoms with Gasteiger partial charge in [0.1, 0.15) is 10.7 Å². The third-order valence-corrected chi connectivity index (χ3v) is 5.55. The summed E-state index contributed by atoms with van der Waals surface area (Å²) in [6.07, 6.45) is 1.53. The van der Waals surface area contributed by atoms with Crippen molar-refractivity contribution in [1.82, 2.24) is 9.21 Å². The fourth-order valence-corrected chi connectivity index (χ4v) is 4.13. The maximum absolute atomic E-state index is 12.6. The van der Waals surface area contributed by atoms with E-state index in [1.54, 1.807) is 24.3 Å². The SMILES string of the molecule is CN(C)[C@@H](CN1C(=O)c2ccccc2S1(=O)=O)c1ccco1. The fraction of sp³-hybridized carbons (Fsp3) is 0.267. The minimum absolute atomic E-state index is 0.0103. The van der Waals surface area contributed by atoms with E-state index < -0.39 is 15.9 Å². The van der Waals surface area contributed by atoms with E-state index in [1.165, 1.54) is 18.4 Å². The van der Waals surface area contributed by atoms with Gasteiger partial charge in [-0.2, -0.15) is 0 Å². The van der Waals surface area contributed by atoms with Gasteiger partial charge >= 0.3 is 0 Å². The first-order valence-corrected chi connectivity index (χ1v) is 8.23. The van der Waals surface area contributed by atoms with Gasteiger partial charge in [-0.1, -0.05) is 12.1 Å². The molecular weight excluding hydrogens is 304 g/mol. The summed E-state index contributed by atoms with van der Waals surface area (Å²) in [5, 5.41) is 0. The number of carbonyl (C=O) groups is 1.